The second kappa shape index (κ2) is 11.3. The number of thiazole rings is 1. The van der Waals surface area contributed by atoms with E-state index < -0.39 is 0 Å². The number of fused-ring (bicyclic) bond motifs is 1. The van der Waals surface area contributed by atoms with Crippen LogP contribution in [0.2, 0.25) is 5.02 Å². The zero-order chi connectivity index (χ0) is 25.1. The van der Waals surface area contributed by atoms with Gasteiger partial charge >= 0.3 is 0 Å². The summed E-state index contributed by atoms with van der Waals surface area (Å²) < 4.78 is 0. The number of nitrogens with zero attached hydrogens (tertiary/aromatic N) is 4. The van der Waals surface area contributed by atoms with E-state index in [0.717, 1.165) is 48.6 Å². The molecular weight excluding hydrogens is 486 g/mol. The molecule has 190 valence electrons. The number of carbonyl (C=O) groups is 2. The number of nitrogens with one attached hydrogen (secondary N) is 2. The van der Waals surface area contributed by atoms with Crippen LogP contribution in [0.25, 0.3) is 0 Å². The summed E-state index contributed by atoms with van der Waals surface area (Å²) in [6, 6.07) is 3.35. The molecule has 1 aliphatic carbocycles. The van der Waals surface area contributed by atoms with E-state index in [2.05, 4.69) is 32.5 Å². The zero-order valence-corrected chi connectivity index (χ0v) is 22.0. The van der Waals surface area contributed by atoms with E-state index >= 15 is 0 Å². The molecule has 11 heteroatoms. The first kappa shape index (κ1) is 26.0. The zero-order valence-electron chi connectivity index (χ0n) is 20.5. The lowest BCUT2D eigenvalue weighted by Crippen LogP contribution is -2.58. The van der Waals surface area contributed by atoms with E-state index in [4.69, 9.17) is 17.3 Å². The van der Waals surface area contributed by atoms with Crippen molar-refractivity contribution in [3.8, 4) is 0 Å². The molecule has 0 radical (unpaired) electrons. The van der Waals surface area contributed by atoms with Crippen LogP contribution >= 0.6 is 22.9 Å². The van der Waals surface area contributed by atoms with Crippen LogP contribution in [0, 0.1) is 5.92 Å². The maximum absolute atomic E-state index is 13.2. The van der Waals surface area contributed by atoms with Crippen LogP contribution in [0.5, 0.6) is 0 Å². The molecule has 0 saturated heterocycles. The second-order valence-electron chi connectivity index (χ2n) is 9.75. The van der Waals surface area contributed by atoms with Gasteiger partial charge in [0.05, 0.1) is 16.9 Å². The average molecular weight is 520 g/mol. The van der Waals surface area contributed by atoms with Gasteiger partial charge < -0.3 is 20.9 Å². The number of likely N-dealkylation sites (N-methyl/N-ethyl adjacent to an activating group) is 1. The van der Waals surface area contributed by atoms with E-state index in [1.165, 1.54) is 11.3 Å². The van der Waals surface area contributed by atoms with E-state index in [1.807, 2.05) is 6.07 Å². The van der Waals surface area contributed by atoms with Gasteiger partial charge in [-0.15, -0.1) is 11.3 Å². The van der Waals surface area contributed by atoms with Gasteiger partial charge in [-0.1, -0.05) is 11.6 Å². The Kier molecular flexibility index (Phi) is 8.38. The van der Waals surface area contributed by atoms with E-state index in [1.54, 1.807) is 31.3 Å². The van der Waals surface area contributed by atoms with Crippen LogP contribution in [0.4, 0.5) is 0 Å². The van der Waals surface area contributed by atoms with Crippen molar-refractivity contribution >= 4 is 34.8 Å². The fraction of sp³-hybridized carbons (Fsp3) is 0.583. The maximum Gasteiger partial charge on any atom is 0.280 e. The van der Waals surface area contributed by atoms with Gasteiger partial charge in [-0.2, -0.15) is 0 Å². The van der Waals surface area contributed by atoms with Crippen molar-refractivity contribution in [2.75, 3.05) is 27.7 Å². The molecule has 1 fully saturated rings. The van der Waals surface area contributed by atoms with Gasteiger partial charge in [0.25, 0.3) is 5.91 Å². The lowest BCUT2D eigenvalue weighted by Gasteiger charge is -2.38. The van der Waals surface area contributed by atoms with Crippen molar-refractivity contribution in [1.29, 1.82) is 0 Å². The summed E-state index contributed by atoms with van der Waals surface area (Å²) in [5, 5.41) is 7.72. The second-order valence-corrected chi connectivity index (χ2v) is 11.3. The van der Waals surface area contributed by atoms with Crippen molar-refractivity contribution in [1.82, 2.24) is 30.4 Å². The van der Waals surface area contributed by atoms with Gasteiger partial charge in [-0.05, 0) is 38.4 Å². The fourth-order valence-corrected chi connectivity index (χ4v) is 6.06. The Morgan fingerprint density at radius 1 is 1.31 bits per heavy atom. The Balaban J connectivity index is 1.45. The molecule has 9 nitrogen and oxygen atoms in total. The quantitative estimate of drug-likeness (QED) is 0.476. The maximum atomic E-state index is 13.2. The first-order valence-electron chi connectivity index (χ1n) is 12.0. The van der Waals surface area contributed by atoms with Gasteiger partial charge in [0.15, 0.2) is 5.01 Å². The number of amides is 2. The minimum absolute atomic E-state index is 0.0619. The van der Waals surface area contributed by atoms with E-state index in [0.29, 0.717) is 22.9 Å². The Morgan fingerprint density at radius 3 is 2.83 bits per heavy atom. The smallest absolute Gasteiger partial charge is 0.280 e. The average Bonchev–Trinajstić information content (AvgIpc) is 3.24. The summed E-state index contributed by atoms with van der Waals surface area (Å²) in [5.74, 6) is -0.236. The first-order valence-corrected chi connectivity index (χ1v) is 13.2. The molecular formula is C24H34ClN7O2S. The SMILES string of the molecule is CN1CCc2nc(C(=O)N[C@@H]3C[C@@H](C(=O)N(C)C)CC[C@@H]3NC(N)Cc3ccc(Cl)cn3)sc2C1. The predicted octanol–water partition coefficient (Wildman–Crippen LogP) is 1.65. The van der Waals surface area contributed by atoms with E-state index in [9.17, 15) is 9.59 Å². The van der Waals surface area contributed by atoms with Crippen molar-refractivity contribution < 1.29 is 9.59 Å². The normalized spacial score (nSPS) is 23.4. The largest absolute Gasteiger partial charge is 0.349 e. The summed E-state index contributed by atoms with van der Waals surface area (Å²) in [6.07, 6.45) is 4.67. The molecule has 1 saturated carbocycles. The molecule has 1 unspecified atom stereocenters. The molecule has 1 aliphatic heterocycles. The molecule has 2 amide bonds. The van der Waals surface area contributed by atoms with Crippen LogP contribution in [0.3, 0.4) is 0 Å². The number of aromatic nitrogens is 2. The third kappa shape index (κ3) is 6.56. The molecule has 2 aliphatic rings. The van der Waals surface area contributed by atoms with Crippen LogP contribution in [-0.4, -0.2) is 77.5 Å². The van der Waals surface area contributed by atoms with Crippen LogP contribution < -0.4 is 16.4 Å². The number of carbonyl (C=O) groups excluding carboxylic acids is 2. The molecule has 2 aromatic heterocycles. The topological polar surface area (TPSA) is 116 Å². The number of halogens is 1. The molecule has 0 aromatic carbocycles. The van der Waals surface area contributed by atoms with Crippen LogP contribution in [0.15, 0.2) is 18.3 Å². The highest BCUT2D eigenvalue weighted by Crippen LogP contribution is 2.28. The summed E-state index contributed by atoms with van der Waals surface area (Å²) in [4.78, 5) is 39.9. The standard InChI is InChI=1S/C24H34ClN7O2S/c1-31(2)24(34)14-4-7-17(28-21(26)11-16-6-5-15(25)12-27-16)19(10-14)29-22(33)23-30-18-8-9-32(3)13-20(18)35-23/h5-6,12,14,17,19,21,28H,4,7-11,13,26H2,1-3H3,(H,29,33)/t14-,17-,19+,21?/m0/s1. The highest BCUT2D eigenvalue weighted by molar-refractivity contribution is 7.13. The number of hydrogen-bond acceptors (Lipinski definition) is 8. The highest BCUT2D eigenvalue weighted by atomic mass is 35.5. The predicted molar refractivity (Wildman–Crippen MR) is 137 cm³/mol. The minimum Gasteiger partial charge on any atom is -0.349 e. The molecule has 0 spiro atoms. The van der Waals surface area contributed by atoms with Crippen molar-refractivity contribution in [2.45, 2.75) is 56.9 Å². The Hall–Kier alpha value is -2.11. The van der Waals surface area contributed by atoms with Gasteiger partial charge in [-0.3, -0.25) is 19.9 Å². The van der Waals surface area contributed by atoms with E-state index in [-0.39, 0.29) is 36.0 Å². The van der Waals surface area contributed by atoms with Gasteiger partial charge in [-0.25, -0.2) is 4.98 Å². The molecule has 35 heavy (non-hydrogen) atoms. The molecule has 3 heterocycles. The Labute approximate surface area is 215 Å². The van der Waals surface area contributed by atoms with Gasteiger partial charge in [0.1, 0.15) is 0 Å². The number of nitrogens with two attached hydrogens (primary N) is 1. The highest BCUT2D eigenvalue weighted by Gasteiger charge is 2.36. The summed E-state index contributed by atoms with van der Waals surface area (Å²) in [6.45, 7) is 1.77. The Bertz CT molecular complexity index is 1040. The molecule has 2 aromatic rings. The number of rotatable bonds is 7. The lowest BCUT2D eigenvalue weighted by atomic mass is 9.81. The summed E-state index contributed by atoms with van der Waals surface area (Å²) in [7, 11) is 5.62. The third-order valence-corrected chi connectivity index (χ3v) is 8.02. The molecule has 4 rings (SSSR count). The summed E-state index contributed by atoms with van der Waals surface area (Å²) >= 11 is 7.40. The number of hydrogen-bond donors (Lipinski definition) is 3. The van der Waals surface area contributed by atoms with Crippen molar-refractivity contribution in [3.05, 3.63) is 44.6 Å². The van der Waals surface area contributed by atoms with Crippen molar-refractivity contribution in [2.24, 2.45) is 11.7 Å². The van der Waals surface area contributed by atoms with Crippen LogP contribution in [-0.2, 0) is 24.2 Å². The van der Waals surface area contributed by atoms with Gasteiger partial charge in [0, 0.05) is 74.8 Å². The monoisotopic (exact) mass is 519 g/mol. The number of pyridine rings is 1. The molecule has 4 atom stereocenters. The minimum atomic E-state index is -0.350. The van der Waals surface area contributed by atoms with Crippen LogP contribution in [0.1, 0.15) is 45.3 Å². The first-order chi connectivity index (χ1) is 16.7. The molecule has 4 N–H and O–H groups in total. The molecule has 0 bridgehead atoms. The lowest BCUT2D eigenvalue weighted by molar-refractivity contribution is -0.134. The third-order valence-electron chi connectivity index (χ3n) is 6.72. The Morgan fingerprint density at radius 2 is 2.11 bits per heavy atom. The van der Waals surface area contributed by atoms with Gasteiger partial charge in [0.2, 0.25) is 5.91 Å². The van der Waals surface area contributed by atoms with Crippen molar-refractivity contribution in [3.63, 3.8) is 0 Å². The fourth-order valence-electron chi connectivity index (χ4n) is 4.86. The summed E-state index contributed by atoms with van der Waals surface area (Å²) in [5.41, 5.74) is 8.27.